The van der Waals surface area contributed by atoms with Gasteiger partial charge in [0, 0.05) is 10.9 Å². The van der Waals surface area contributed by atoms with E-state index < -0.39 is 0 Å². The summed E-state index contributed by atoms with van der Waals surface area (Å²) >= 11 is 0. The van der Waals surface area contributed by atoms with E-state index in [1.165, 1.54) is 18.2 Å². The Balaban J connectivity index is 1.46. The number of carbonyl (C=O) groups is 1. The minimum absolute atomic E-state index is 0.178. The Bertz CT molecular complexity index is 950. The van der Waals surface area contributed by atoms with Crippen molar-refractivity contribution in [2.75, 3.05) is 13.2 Å². The largest absolute Gasteiger partial charge is 0.486 e. The first-order valence-electron chi connectivity index (χ1n) is 7.97. The van der Waals surface area contributed by atoms with Crippen molar-refractivity contribution in [1.82, 2.24) is 5.32 Å². The molecule has 1 aromatic heterocycles. The molecule has 6 heteroatoms. The number of fused-ring (bicyclic) bond motifs is 2. The van der Waals surface area contributed by atoms with E-state index in [-0.39, 0.29) is 30.1 Å². The van der Waals surface area contributed by atoms with Gasteiger partial charge in [0.05, 0.1) is 6.54 Å². The summed E-state index contributed by atoms with van der Waals surface area (Å²) in [6.45, 7) is 2.36. The molecule has 0 fully saturated rings. The van der Waals surface area contributed by atoms with Crippen LogP contribution in [0.1, 0.15) is 16.1 Å². The van der Waals surface area contributed by atoms with E-state index in [1.54, 1.807) is 6.92 Å². The Morgan fingerprint density at radius 3 is 2.88 bits per heavy atom. The third-order valence-corrected chi connectivity index (χ3v) is 4.16. The van der Waals surface area contributed by atoms with Crippen LogP contribution in [0, 0.1) is 12.7 Å². The average Bonchev–Trinajstić information content (AvgIpc) is 2.96. The van der Waals surface area contributed by atoms with E-state index in [1.807, 2.05) is 24.3 Å². The van der Waals surface area contributed by atoms with Crippen molar-refractivity contribution in [3.63, 3.8) is 0 Å². The number of para-hydroxylation sites is 2. The lowest BCUT2D eigenvalue weighted by atomic mass is 10.1. The molecule has 1 amide bonds. The maximum absolute atomic E-state index is 13.4. The highest BCUT2D eigenvalue weighted by molar-refractivity contribution is 5.98. The number of ether oxygens (including phenoxy) is 2. The van der Waals surface area contributed by atoms with Gasteiger partial charge in [-0.25, -0.2) is 4.39 Å². The molecule has 25 heavy (non-hydrogen) atoms. The summed E-state index contributed by atoms with van der Waals surface area (Å²) in [7, 11) is 0. The number of rotatable bonds is 3. The number of aryl methyl sites for hydroxylation is 1. The predicted molar refractivity (Wildman–Crippen MR) is 89.6 cm³/mol. The fourth-order valence-corrected chi connectivity index (χ4v) is 2.86. The van der Waals surface area contributed by atoms with Crippen molar-refractivity contribution in [3.8, 4) is 11.5 Å². The SMILES string of the molecule is Cc1c(C(=O)NC[C@@H]2COc3ccccc3O2)oc2ccc(F)cc12. The van der Waals surface area contributed by atoms with Gasteiger partial charge >= 0.3 is 0 Å². The predicted octanol–water partition coefficient (Wildman–Crippen LogP) is 3.45. The molecule has 1 atom stereocenters. The number of benzene rings is 2. The molecule has 0 radical (unpaired) electrons. The third-order valence-electron chi connectivity index (χ3n) is 4.16. The number of nitrogens with one attached hydrogen (secondary N) is 1. The molecule has 1 aliphatic rings. The van der Waals surface area contributed by atoms with Gasteiger partial charge in [0.2, 0.25) is 0 Å². The molecule has 2 aromatic carbocycles. The van der Waals surface area contributed by atoms with Crippen LogP contribution in [0.15, 0.2) is 46.9 Å². The zero-order chi connectivity index (χ0) is 17.4. The van der Waals surface area contributed by atoms with Crippen LogP contribution in [-0.2, 0) is 0 Å². The topological polar surface area (TPSA) is 60.7 Å². The molecule has 4 rings (SSSR count). The molecule has 0 saturated heterocycles. The molecule has 5 nitrogen and oxygen atoms in total. The average molecular weight is 341 g/mol. The molecular formula is C19H16FNO4. The molecule has 3 aromatic rings. The Labute approximate surface area is 143 Å². The number of amides is 1. The lowest BCUT2D eigenvalue weighted by Crippen LogP contribution is -2.40. The summed E-state index contributed by atoms with van der Waals surface area (Å²) in [5, 5.41) is 3.38. The monoisotopic (exact) mass is 341 g/mol. The molecule has 1 N–H and O–H groups in total. The van der Waals surface area contributed by atoms with Gasteiger partial charge in [-0.3, -0.25) is 4.79 Å². The number of halogens is 1. The second-order valence-corrected chi connectivity index (χ2v) is 5.90. The minimum Gasteiger partial charge on any atom is -0.486 e. The number of hydrogen-bond acceptors (Lipinski definition) is 4. The van der Waals surface area contributed by atoms with E-state index in [0.29, 0.717) is 34.6 Å². The molecule has 0 saturated carbocycles. The highest BCUT2D eigenvalue weighted by Gasteiger charge is 2.23. The van der Waals surface area contributed by atoms with Gasteiger partial charge in [-0.05, 0) is 37.3 Å². The standard InChI is InChI=1S/C19H16FNO4/c1-11-14-8-12(20)6-7-15(14)25-18(11)19(22)21-9-13-10-23-16-4-2-3-5-17(16)24-13/h2-8,13H,9-10H2,1H3,(H,21,22)/t13-/m1/s1. The maximum atomic E-state index is 13.4. The molecule has 2 heterocycles. The van der Waals surface area contributed by atoms with Crippen LogP contribution in [0.5, 0.6) is 11.5 Å². The highest BCUT2D eigenvalue weighted by Crippen LogP contribution is 2.31. The van der Waals surface area contributed by atoms with Crippen molar-refractivity contribution in [3.05, 3.63) is 59.6 Å². The van der Waals surface area contributed by atoms with Crippen LogP contribution in [0.25, 0.3) is 11.0 Å². The van der Waals surface area contributed by atoms with Gasteiger partial charge in [0.15, 0.2) is 17.3 Å². The van der Waals surface area contributed by atoms with E-state index in [2.05, 4.69) is 5.32 Å². The minimum atomic E-state index is -0.366. The zero-order valence-electron chi connectivity index (χ0n) is 13.5. The molecular weight excluding hydrogens is 325 g/mol. The van der Waals surface area contributed by atoms with Gasteiger partial charge < -0.3 is 19.2 Å². The molecule has 128 valence electrons. The summed E-state index contributed by atoms with van der Waals surface area (Å²) < 4.78 is 30.3. The number of hydrogen-bond donors (Lipinski definition) is 1. The molecule has 0 unspecified atom stereocenters. The number of carbonyl (C=O) groups excluding carboxylic acids is 1. The van der Waals surface area contributed by atoms with Crippen molar-refractivity contribution < 1.29 is 23.1 Å². The van der Waals surface area contributed by atoms with Crippen LogP contribution in [0.2, 0.25) is 0 Å². The van der Waals surface area contributed by atoms with Gasteiger partial charge in [-0.1, -0.05) is 12.1 Å². The summed E-state index contributed by atoms with van der Waals surface area (Å²) in [6, 6.07) is 11.6. The quantitative estimate of drug-likeness (QED) is 0.793. The number of furan rings is 1. The smallest absolute Gasteiger partial charge is 0.287 e. The van der Waals surface area contributed by atoms with Crippen LogP contribution < -0.4 is 14.8 Å². The van der Waals surface area contributed by atoms with E-state index in [9.17, 15) is 9.18 Å². The van der Waals surface area contributed by atoms with Gasteiger partial charge in [0.25, 0.3) is 5.91 Å². The van der Waals surface area contributed by atoms with Gasteiger partial charge in [0.1, 0.15) is 24.1 Å². The fourth-order valence-electron chi connectivity index (χ4n) is 2.86. The van der Waals surface area contributed by atoms with Crippen LogP contribution in [0.4, 0.5) is 4.39 Å². The van der Waals surface area contributed by atoms with Crippen molar-refractivity contribution in [2.45, 2.75) is 13.0 Å². The first-order valence-corrected chi connectivity index (χ1v) is 7.97. The Kier molecular flexibility index (Phi) is 3.80. The van der Waals surface area contributed by atoms with Crippen LogP contribution in [0.3, 0.4) is 0 Å². The summed E-state index contributed by atoms with van der Waals surface area (Å²) in [5.74, 6) is 0.799. The van der Waals surface area contributed by atoms with Crippen LogP contribution >= 0.6 is 0 Å². The fraction of sp³-hybridized carbons (Fsp3) is 0.211. The third kappa shape index (κ3) is 2.91. The highest BCUT2D eigenvalue weighted by atomic mass is 19.1. The van der Waals surface area contributed by atoms with E-state index >= 15 is 0 Å². The normalized spacial score (nSPS) is 16.0. The summed E-state index contributed by atoms with van der Waals surface area (Å²) in [5.41, 5.74) is 1.09. The van der Waals surface area contributed by atoms with Crippen molar-refractivity contribution in [2.24, 2.45) is 0 Å². The molecule has 0 aliphatic carbocycles. The maximum Gasteiger partial charge on any atom is 0.287 e. The summed E-state index contributed by atoms with van der Waals surface area (Å²) in [4.78, 5) is 12.4. The van der Waals surface area contributed by atoms with Gasteiger partial charge in [-0.15, -0.1) is 0 Å². The first kappa shape index (κ1) is 15.5. The van der Waals surface area contributed by atoms with Gasteiger partial charge in [-0.2, -0.15) is 0 Å². The Morgan fingerprint density at radius 2 is 2.04 bits per heavy atom. The van der Waals surface area contributed by atoms with E-state index in [4.69, 9.17) is 13.9 Å². The molecule has 0 spiro atoms. The van der Waals surface area contributed by atoms with Crippen molar-refractivity contribution >= 4 is 16.9 Å². The Morgan fingerprint density at radius 1 is 1.24 bits per heavy atom. The van der Waals surface area contributed by atoms with Crippen LogP contribution in [-0.4, -0.2) is 25.2 Å². The first-order chi connectivity index (χ1) is 12.1. The van der Waals surface area contributed by atoms with E-state index in [0.717, 1.165) is 0 Å². The lowest BCUT2D eigenvalue weighted by Gasteiger charge is -2.26. The molecule has 1 aliphatic heterocycles. The second kappa shape index (κ2) is 6.12. The van der Waals surface area contributed by atoms with Crippen molar-refractivity contribution in [1.29, 1.82) is 0 Å². The second-order valence-electron chi connectivity index (χ2n) is 5.90. The Hall–Kier alpha value is -3.02. The summed E-state index contributed by atoms with van der Waals surface area (Å²) in [6.07, 6.45) is -0.291. The molecule has 0 bridgehead atoms. The zero-order valence-corrected chi connectivity index (χ0v) is 13.5. The lowest BCUT2D eigenvalue weighted by molar-refractivity contribution is 0.0774.